The van der Waals surface area contributed by atoms with Gasteiger partial charge in [0.25, 0.3) is 0 Å². The van der Waals surface area contributed by atoms with E-state index in [1.165, 1.54) is 0 Å². The van der Waals surface area contributed by atoms with E-state index < -0.39 is 0 Å². The Morgan fingerprint density at radius 1 is 1.47 bits per heavy atom. The molecule has 1 aliphatic heterocycles. The van der Waals surface area contributed by atoms with Crippen LogP contribution in [0.5, 0.6) is 0 Å². The molecule has 0 radical (unpaired) electrons. The van der Waals surface area contributed by atoms with Crippen LogP contribution in [0.25, 0.3) is 0 Å². The summed E-state index contributed by atoms with van der Waals surface area (Å²) in [6.45, 7) is 4.04. The molecule has 17 heavy (non-hydrogen) atoms. The SMILES string of the molecule is Cc1cc(NC(=O)C2CC(C)NN2)ccc1Br. The van der Waals surface area contributed by atoms with Gasteiger partial charge in [-0.15, -0.1) is 0 Å². The average molecular weight is 298 g/mol. The Bertz CT molecular complexity index is 436. The molecule has 92 valence electrons. The molecule has 0 aliphatic carbocycles. The average Bonchev–Trinajstić information content (AvgIpc) is 2.70. The van der Waals surface area contributed by atoms with Gasteiger partial charge < -0.3 is 5.32 Å². The van der Waals surface area contributed by atoms with E-state index in [2.05, 4.69) is 32.1 Å². The zero-order chi connectivity index (χ0) is 12.4. The minimum atomic E-state index is -0.158. The Hall–Kier alpha value is -0.910. The molecule has 5 heteroatoms. The lowest BCUT2D eigenvalue weighted by Gasteiger charge is -2.11. The van der Waals surface area contributed by atoms with Gasteiger partial charge in [-0.1, -0.05) is 15.9 Å². The van der Waals surface area contributed by atoms with Gasteiger partial charge in [-0.25, -0.2) is 5.43 Å². The fourth-order valence-corrected chi connectivity index (χ4v) is 2.09. The summed E-state index contributed by atoms with van der Waals surface area (Å²) in [5.41, 5.74) is 7.96. The third-order valence-corrected chi connectivity index (χ3v) is 3.72. The Morgan fingerprint density at radius 2 is 2.24 bits per heavy atom. The number of hydrazine groups is 1. The summed E-state index contributed by atoms with van der Waals surface area (Å²) in [5, 5.41) is 2.91. The number of carbonyl (C=O) groups is 1. The highest BCUT2D eigenvalue weighted by Gasteiger charge is 2.26. The zero-order valence-electron chi connectivity index (χ0n) is 9.88. The van der Waals surface area contributed by atoms with Crippen LogP contribution in [0.15, 0.2) is 22.7 Å². The van der Waals surface area contributed by atoms with E-state index in [0.717, 1.165) is 22.1 Å². The monoisotopic (exact) mass is 297 g/mol. The summed E-state index contributed by atoms with van der Waals surface area (Å²) in [4.78, 5) is 11.9. The molecule has 2 unspecified atom stereocenters. The first-order valence-corrected chi connectivity index (χ1v) is 6.43. The molecule has 1 aromatic rings. The lowest BCUT2D eigenvalue weighted by molar-refractivity contribution is -0.117. The van der Waals surface area contributed by atoms with Crippen molar-refractivity contribution in [1.29, 1.82) is 0 Å². The standard InChI is InChI=1S/C12H16BrN3O/c1-7-5-9(3-4-10(7)13)14-12(17)11-6-8(2)15-16-11/h3-5,8,11,15-16H,6H2,1-2H3,(H,14,17). The fourth-order valence-electron chi connectivity index (χ4n) is 1.84. The van der Waals surface area contributed by atoms with Gasteiger partial charge in [0.15, 0.2) is 0 Å². The third-order valence-electron chi connectivity index (χ3n) is 2.84. The Labute approximate surface area is 109 Å². The maximum Gasteiger partial charge on any atom is 0.242 e. The van der Waals surface area contributed by atoms with Crippen LogP contribution in [0.4, 0.5) is 5.69 Å². The summed E-state index contributed by atoms with van der Waals surface area (Å²) in [6.07, 6.45) is 0.807. The smallest absolute Gasteiger partial charge is 0.242 e. The molecule has 1 saturated heterocycles. The molecule has 0 bridgehead atoms. The van der Waals surface area contributed by atoms with Crippen LogP contribution >= 0.6 is 15.9 Å². The van der Waals surface area contributed by atoms with Gasteiger partial charge in [-0.2, -0.15) is 0 Å². The number of anilines is 1. The Balaban J connectivity index is 2.00. The van der Waals surface area contributed by atoms with E-state index in [1.54, 1.807) is 0 Å². The summed E-state index contributed by atoms with van der Waals surface area (Å²) >= 11 is 3.43. The van der Waals surface area contributed by atoms with Gasteiger partial charge in [-0.05, 0) is 44.0 Å². The summed E-state index contributed by atoms with van der Waals surface area (Å²) < 4.78 is 1.05. The second-order valence-corrected chi connectivity index (χ2v) is 5.29. The predicted molar refractivity (Wildman–Crippen MR) is 71.6 cm³/mol. The Kier molecular flexibility index (Phi) is 3.81. The molecule has 3 N–H and O–H groups in total. The molecular formula is C12H16BrN3O. The van der Waals surface area contributed by atoms with Crippen molar-refractivity contribution in [1.82, 2.24) is 10.9 Å². The van der Waals surface area contributed by atoms with Crippen LogP contribution in [0, 0.1) is 6.92 Å². The molecule has 1 fully saturated rings. The number of nitrogens with one attached hydrogen (secondary N) is 3. The number of benzene rings is 1. The molecule has 0 aromatic heterocycles. The number of hydrogen-bond donors (Lipinski definition) is 3. The van der Waals surface area contributed by atoms with Crippen molar-refractivity contribution in [2.24, 2.45) is 0 Å². The lowest BCUT2D eigenvalue weighted by Crippen LogP contribution is -2.39. The van der Waals surface area contributed by atoms with E-state index in [9.17, 15) is 4.79 Å². The van der Waals surface area contributed by atoms with Crippen molar-refractivity contribution in [2.45, 2.75) is 32.4 Å². The molecule has 4 nitrogen and oxygen atoms in total. The molecule has 1 amide bonds. The minimum Gasteiger partial charge on any atom is -0.325 e. The van der Waals surface area contributed by atoms with Crippen molar-refractivity contribution in [3.8, 4) is 0 Å². The van der Waals surface area contributed by atoms with Crippen LogP contribution in [0.2, 0.25) is 0 Å². The van der Waals surface area contributed by atoms with E-state index >= 15 is 0 Å². The molecule has 1 heterocycles. The lowest BCUT2D eigenvalue weighted by atomic mass is 10.1. The van der Waals surface area contributed by atoms with Crippen LogP contribution in [-0.2, 0) is 4.79 Å². The summed E-state index contributed by atoms with van der Waals surface area (Å²) in [6, 6.07) is 5.95. The molecule has 0 spiro atoms. The first kappa shape index (κ1) is 12.5. The number of hydrogen-bond acceptors (Lipinski definition) is 3. The van der Waals surface area contributed by atoms with Crippen molar-refractivity contribution in [3.05, 3.63) is 28.2 Å². The molecular weight excluding hydrogens is 282 g/mol. The second-order valence-electron chi connectivity index (χ2n) is 4.43. The van der Waals surface area contributed by atoms with Gasteiger partial charge in [-0.3, -0.25) is 10.2 Å². The fraction of sp³-hybridized carbons (Fsp3) is 0.417. The summed E-state index contributed by atoms with van der Waals surface area (Å²) in [5.74, 6) is 0.00331. The number of rotatable bonds is 2. The quantitative estimate of drug-likeness (QED) is 0.782. The van der Waals surface area contributed by atoms with E-state index in [4.69, 9.17) is 0 Å². The highest BCUT2D eigenvalue weighted by Crippen LogP contribution is 2.20. The van der Waals surface area contributed by atoms with Crippen LogP contribution in [0.1, 0.15) is 18.9 Å². The van der Waals surface area contributed by atoms with Crippen LogP contribution in [0.3, 0.4) is 0 Å². The first-order valence-electron chi connectivity index (χ1n) is 5.64. The molecule has 0 saturated carbocycles. The first-order chi connectivity index (χ1) is 8.06. The van der Waals surface area contributed by atoms with Gasteiger partial charge in [0, 0.05) is 16.2 Å². The number of aryl methyl sites for hydroxylation is 1. The summed E-state index contributed by atoms with van der Waals surface area (Å²) in [7, 11) is 0. The van der Waals surface area contributed by atoms with E-state index in [0.29, 0.717) is 6.04 Å². The predicted octanol–water partition coefficient (Wildman–Crippen LogP) is 1.95. The maximum atomic E-state index is 11.9. The molecule has 1 aliphatic rings. The van der Waals surface area contributed by atoms with E-state index in [-0.39, 0.29) is 11.9 Å². The third kappa shape index (κ3) is 3.06. The number of halogens is 1. The zero-order valence-corrected chi connectivity index (χ0v) is 11.5. The maximum absolute atomic E-state index is 11.9. The van der Waals surface area contributed by atoms with Crippen molar-refractivity contribution in [3.63, 3.8) is 0 Å². The van der Waals surface area contributed by atoms with Gasteiger partial charge >= 0.3 is 0 Å². The van der Waals surface area contributed by atoms with Crippen molar-refractivity contribution in [2.75, 3.05) is 5.32 Å². The van der Waals surface area contributed by atoms with Gasteiger partial charge in [0.2, 0.25) is 5.91 Å². The highest BCUT2D eigenvalue weighted by atomic mass is 79.9. The largest absolute Gasteiger partial charge is 0.325 e. The minimum absolute atomic E-state index is 0.00331. The van der Waals surface area contributed by atoms with E-state index in [1.807, 2.05) is 32.0 Å². The Morgan fingerprint density at radius 3 is 2.82 bits per heavy atom. The van der Waals surface area contributed by atoms with Crippen molar-refractivity contribution >= 4 is 27.5 Å². The normalized spacial score (nSPS) is 23.7. The highest BCUT2D eigenvalue weighted by molar-refractivity contribution is 9.10. The van der Waals surface area contributed by atoms with Gasteiger partial charge in [0.05, 0.1) is 0 Å². The van der Waals surface area contributed by atoms with Crippen LogP contribution < -0.4 is 16.2 Å². The van der Waals surface area contributed by atoms with Crippen molar-refractivity contribution < 1.29 is 4.79 Å². The molecule has 1 aromatic carbocycles. The number of carbonyl (C=O) groups excluding carboxylic acids is 1. The number of amides is 1. The molecule has 2 rings (SSSR count). The van der Waals surface area contributed by atoms with Gasteiger partial charge in [0.1, 0.15) is 6.04 Å². The topological polar surface area (TPSA) is 53.2 Å². The second kappa shape index (κ2) is 5.16. The molecule has 2 atom stereocenters. The van der Waals surface area contributed by atoms with Crippen LogP contribution in [-0.4, -0.2) is 18.0 Å².